The number of nitrogens with one attached hydrogen (secondary N) is 2. The Bertz CT molecular complexity index is 731. The average Bonchev–Trinajstić information content (AvgIpc) is 3.00. The van der Waals surface area contributed by atoms with Crippen LogP contribution in [0.3, 0.4) is 0 Å². The van der Waals surface area contributed by atoms with Gasteiger partial charge in [-0.1, -0.05) is 13.0 Å². The lowest BCUT2D eigenvalue weighted by Gasteiger charge is -2.06. The van der Waals surface area contributed by atoms with Gasteiger partial charge < -0.3 is 10.6 Å². The van der Waals surface area contributed by atoms with Crippen molar-refractivity contribution in [2.45, 2.75) is 19.9 Å². The third-order valence-electron chi connectivity index (χ3n) is 2.94. The van der Waals surface area contributed by atoms with Crippen LogP contribution in [0.4, 0.5) is 5.69 Å². The maximum Gasteiger partial charge on any atom is 0.313 e. The van der Waals surface area contributed by atoms with Gasteiger partial charge >= 0.3 is 11.8 Å². The maximum absolute atomic E-state index is 11.8. The van der Waals surface area contributed by atoms with E-state index in [0.717, 1.165) is 11.3 Å². The van der Waals surface area contributed by atoms with Gasteiger partial charge in [0, 0.05) is 15.4 Å². The van der Waals surface area contributed by atoms with E-state index in [1.165, 1.54) is 10.9 Å². The van der Waals surface area contributed by atoms with Crippen LogP contribution in [-0.4, -0.2) is 11.8 Å². The molecule has 2 aromatic rings. The molecule has 6 heteroatoms. The molecule has 0 aliphatic carbocycles. The fourth-order valence-corrected chi connectivity index (χ4v) is 2.71. The Labute approximate surface area is 132 Å². The van der Waals surface area contributed by atoms with Crippen molar-refractivity contribution >= 4 is 28.8 Å². The van der Waals surface area contributed by atoms with Gasteiger partial charge in [-0.05, 0) is 36.8 Å². The highest BCUT2D eigenvalue weighted by Gasteiger charge is 2.13. The molecule has 0 saturated carbocycles. The zero-order valence-electron chi connectivity index (χ0n) is 12.1. The molecule has 0 atom stereocenters. The number of aryl methyl sites for hydroxylation is 1. The number of anilines is 1. The van der Waals surface area contributed by atoms with Gasteiger partial charge in [0.1, 0.15) is 0 Å². The Morgan fingerprint density at radius 1 is 1.18 bits per heavy atom. The molecular formula is C16H15N3O2S. The Morgan fingerprint density at radius 3 is 2.64 bits per heavy atom. The molecule has 1 aromatic heterocycles. The lowest BCUT2D eigenvalue weighted by atomic mass is 10.2. The number of hydrogen-bond donors (Lipinski definition) is 2. The second kappa shape index (κ2) is 7.38. The minimum Gasteiger partial charge on any atom is -0.343 e. The Balaban J connectivity index is 1.89. The summed E-state index contributed by atoms with van der Waals surface area (Å²) in [7, 11) is 0. The molecule has 0 aliphatic heterocycles. The van der Waals surface area contributed by atoms with Crippen LogP contribution in [0.25, 0.3) is 0 Å². The summed E-state index contributed by atoms with van der Waals surface area (Å²) in [5.41, 5.74) is 0.840. The van der Waals surface area contributed by atoms with E-state index in [1.807, 2.05) is 18.2 Å². The van der Waals surface area contributed by atoms with E-state index in [9.17, 15) is 9.59 Å². The molecule has 112 valence electrons. The number of rotatable bonds is 4. The molecule has 0 spiro atoms. The standard InChI is InChI=1S/C16H15N3O2S/c1-2-13-6-7-14(22-13)10-18-15(20)16(21)19-12-5-3-4-11(8-12)9-17/h3-8H,2,10H2,1H3,(H,18,20)(H,19,21). The van der Waals surface area contributed by atoms with Crippen molar-refractivity contribution in [3.05, 3.63) is 51.7 Å². The molecule has 5 nitrogen and oxygen atoms in total. The van der Waals surface area contributed by atoms with E-state index in [0.29, 0.717) is 17.8 Å². The van der Waals surface area contributed by atoms with Crippen LogP contribution in [0.1, 0.15) is 22.2 Å². The molecule has 1 heterocycles. The molecule has 2 rings (SSSR count). The number of benzene rings is 1. The van der Waals surface area contributed by atoms with Crippen molar-refractivity contribution in [3.63, 3.8) is 0 Å². The highest BCUT2D eigenvalue weighted by Crippen LogP contribution is 2.16. The molecule has 1 aromatic carbocycles. The summed E-state index contributed by atoms with van der Waals surface area (Å²) in [6.45, 7) is 2.39. The summed E-state index contributed by atoms with van der Waals surface area (Å²) in [5.74, 6) is -1.45. The number of nitrogens with zero attached hydrogens (tertiary/aromatic N) is 1. The van der Waals surface area contributed by atoms with Crippen LogP contribution in [-0.2, 0) is 22.6 Å². The van der Waals surface area contributed by atoms with Gasteiger partial charge in [0.05, 0.1) is 18.2 Å². The van der Waals surface area contributed by atoms with Crippen molar-refractivity contribution in [2.24, 2.45) is 0 Å². The normalized spacial score (nSPS) is 9.82. The van der Waals surface area contributed by atoms with Crippen molar-refractivity contribution in [1.29, 1.82) is 5.26 Å². The summed E-state index contributed by atoms with van der Waals surface area (Å²) in [6, 6.07) is 12.3. The summed E-state index contributed by atoms with van der Waals surface area (Å²) in [5, 5.41) is 13.8. The van der Waals surface area contributed by atoms with Crippen LogP contribution < -0.4 is 10.6 Å². The first-order valence-corrected chi connectivity index (χ1v) is 7.61. The first kappa shape index (κ1) is 15.7. The topological polar surface area (TPSA) is 82.0 Å². The zero-order valence-corrected chi connectivity index (χ0v) is 12.9. The summed E-state index contributed by atoms with van der Waals surface area (Å²) in [6.07, 6.45) is 0.953. The predicted octanol–water partition coefficient (Wildman–Crippen LogP) is 2.44. The third kappa shape index (κ3) is 4.17. The molecule has 22 heavy (non-hydrogen) atoms. The molecule has 2 N–H and O–H groups in total. The highest BCUT2D eigenvalue weighted by molar-refractivity contribution is 7.11. The molecule has 2 amide bonds. The first-order chi connectivity index (χ1) is 10.6. The molecular weight excluding hydrogens is 298 g/mol. The number of hydrogen-bond acceptors (Lipinski definition) is 4. The van der Waals surface area contributed by atoms with E-state index in [-0.39, 0.29) is 0 Å². The van der Waals surface area contributed by atoms with Gasteiger partial charge in [-0.15, -0.1) is 11.3 Å². The fraction of sp³-hybridized carbons (Fsp3) is 0.188. The zero-order chi connectivity index (χ0) is 15.9. The largest absolute Gasteiger partial charge is 0.343 e. The van der Waals surface area contributed by atoms with Gasteiger partial charge in [0.15, 0.2) is 0 Å². The lowest BCUT2D eigenvalue weighted by Crippen LogP contribution is -2.34. The van der Waals surface area contributed by atoms with Crippen molar-refractivity contribution < 1.29 is 9.59 Å². The third-order valence-corrected chi connectivity index (χ3v) is 4.17. The van der Waals surface area contributed by atoms with E-state index >= 15 is 0 Å². The number of carbonyl (C=O) groups is 2. The van der Waals surface area contributed by atoms with Gasteiger partial charge in [-0.3, -0.25) is 9.59 Å². The second-order valence-corrected chi connectivity index (χ2v) is 5.80. The lowest BCUT2D eigenvalue weighted by molar-refractivity contribution is -0.136. The summed E-state index contributed by atoms with van der Waals surface area (Å²) < 4.78 is 0. The predicted molar refractivity (Wildman–Crippen MR) is 85.3 cm³/mol. The van der Waals surface area contributed by atoms with Crippen LogP contribution in [0.5, 0.6) is 0 Å². The molecule has 0 unspecified atom stereocenters. The number of nitriles is 1. The van der Waals surface area contributed by atoms with Gasteiger partial charge in [-0.2, -0.15) is 5.26 Å². The van der Waals surface area contributed by atoms with E-state index in [1.54, 1.807) is 29.5 Å². The molecule has 0 fully saturated rings. The van der Waals surface area contributed by atoms with Gasteiger partial charge in [-0.25, -0.2) is 0 Å². The van der Waals surface area contributed by atoms with Gasteiger partial charge in [0.25, 0.3) is 0 Å². The van der Waals surface area contributed by atoms with Crippen molar-refractivity contribution in [3.8, 4) is 6.07 Å². The summed E-state index contributed by atoms with van der Waals surface area (Å²) in [4.78, 5) is 25.8. The minimum absolute atomic E-state index is 0.329. The molecule has 0 radical (unpaired) electrons. The smallest absolute Gasteiger partial charge is 0.313 e. The first-order valence-electron chi connectivity index (χ1n) is 6.79. The second-order valence-electron chi connectivity index (χ2n) is 4.55. The fourth-order valence-electron chi connectivity index (χ4n) is 1.81. The number of thiophene rings is 1. The Kier molecular flexibility index (Phi) is 5.28. The maximum atomic E-state index is 11.8. The van der Waals surface area contributed by atoms with Crippen molar-refractivity contribution in [2.75, 3.05) is 5.32 Å². The number of carbonyl (C=O) groups excluding carboxylic acids is 2. The van der Waals surface area contributed by atoms with Crippen LogP contribution in [0.15, 0.2) is 36.4 Å². The number of amides is 2. The van der Waals surface area contributed by atoms with Gasteiger partial charge in [0.2, 0.25) is 0 Å². The Morgan fingerprint density at radius 2 is 1.95 bits per heavy atom. The van der Waals surface area contributed by atoms with E-state index in [2.05, 4.69) is 17.6 Å². The highest BCUT2D eigenvalue weighted by atomic mass is 32.1. The van der Waals surface area contributed by atoms with Crippen LogP contribution >= 0.6 is 11.3 Å². The SMILES string of the molecule is CCc1ccc(CNC(=O)C(=O)Nc2cccc(C#N)c2)s1. The molecule has 0 bridgehead atoms. The van der Waals surface area contributed by atoms with Crippen molar-refractivity contribution in [1.82, 2.24) is 5.32 Å². The minimum atomic E-state index is -0.748. The Hall–Kier alpha value is -2.65. The quantitative estimate of drug-likeness (QED) is 0.851. The van der Waals surface area contributed by atoms with E-state index in [4.69, 9.17) is 5.26 Å². The van der Waals surface area contributed by atoms with Crippen LogP contribution in [0.2, 0.25) is 0 Å². The molecule has 0 aliphatic rings. The van der Waals surface area contributed by atoms with E-state index < -0.39 is 11.8 Å². The summed E-state index contributed by atoms with van der Waals surface area (Å²) >= 11 is 1.61. The molecule has 0 saturated heterocycles. The monoisotopic (exact) mass is 313 g/mol. The average molecular weight is 313 g/mol. The van der Waals surface area contributed by atoms with Crippen LogP contribution in [0, 0.1) is 11.3 Å².